The smallest absolute Gasteiger partial charge is 0.0462 e. The van der Waals surface area contributed by atoms with Gasteiger partial charge in [-0.15, -0.1) is 0 Å². The van der Waals surface area contributed by atoms with E-state index in [1.165, 1.54) is 86.8 Å². The van der Waals surface area contributed by atoms with Crippen LogP contribution in [0, 0.1) is 0 Å². The van der Waals surface area contributed by atoms with E-state index in [2.05, 4.69) is 95.9 Å². The Labute approximate surface area is 215 Å². The third kappa shape index (κ3) is 6.76. The van der Waals surface area contributed by atoms with E-state index in [4.69, 9.17) is 0 Å². The number of hydrogen-bond donors (Lipinski definition) is 0. The average Bonchev–Trinajstić information content (AvgIpc) is 2.95. The van der Waals surface area contributed by atoms with Crippen molar-refractivity contribution in [3.8, 4) is 0 Å². The van der Waals surface area contributed by atoms with Crippen molar-refractivity contribution in [2.24, 2.45) is 0 Å². The first kappa shape index (κ1) is 25.0. The Balaban J connectivity index is 1.47. The predicted molar refractivity (Wildman–Crippen MR) is 158 cm³/mol. The van der Waals surface area contributed by atoms with Crippen molar-refractivity contribution in [1.29, 1.82) is 0 Å². The topological polar surface area (TPSA) is 3.24 Å². The Morgan fingerprint density at radius 2 is 0.943 bits per heavy atom. The van der Waals surface area contributed by atoms with Crippen LogP contribution in [0.3, 0.4) is 0 Å². The first-order valence-corrected chi connectivity index (χ1v) is 17.0. The van der Waals surface area contributed by atoms with Gasteiger partial charge in [-0.25, -0.2) is 0 Å². The standard InChI is InChI=1S/C32H41NP2/c1-6-16-28(17-7-1)33(26-34(29-18-8-2-9-19-29)30-20-10-3-11-21-30)27-35(31-22-12-4-13-23-31)32-24-14-5-15-25-32/h1-3,6-11,16-21,31-32H,4-5,12-15,22-27H2. The first-order valence-electron chi connectivity index (χ1n) is 13.8. The van der Waals surface area contributed by atoms with Crippen molar-refractivity contribution in [2.45, 2.75) is 75.5 Å². The zero-order valence-electron chi connectivity index (χ0n) is 21.1. The van der Waals surface area contributed by atoms with Gasteiger partial charge in [0.05, 0.1) is 0 Å². The Kier molecular flexibility index (Phi) is 9.31. The van der Waals surface area contributed by atoms with Crippen molar-refractivity contribution in [1.82, 2.24) is 0 Å². The van der Waals surface area contributed by atoms with Crippen LogP contribution in [0.25, 0.3) is 0 Å². The first-order chi connectivity index (χ1) is 17.4. The molecule has 3 heteroatoms. The maximum atomic E-state index is 2.82. The van der Waals surface area contributed by atoms with E-state index in [1.54, 1.807) is 0 Å². The lowest BCUT2D eigenvalue weighted by atomic mass is 9.99. The highest BCUT2D eigenvalue weighted by Crippen LogP contribution is 2.56. The number of para-hydroxylation sites is 1. The summed E-state index contributed by atoms with van der Waals surface area (Å²) in [5, 5.41) is 2.99. The third-order valence-corrected chi connectivity index (χ3v) is 14.0. The molecule has 5 rings (SSSR count). The molecule has 0 heterocycles. The van der Waals surface area contributed by atoms with Crippen LogP contribution in [-0.2, 0) is 0 Å². The van der Waals surface area contributed by atoms with Crippen molar-refractivity contribution in [3.63, 3.8) is 0 Å². The van der Waals surface area contributed by atoms with Crippen LogP contribution in [0.15, 0.2) is 91.0 Å². The zero-order chi connectivity index (χ0) is 23.7. The fourth-order valence-corrected chi connectivity index (χ4v) is 12.3. The summed E-state index contributed by atoms with van der Waals surface area (Å²) in [6.07, 6.45) is 17.1. The van der Waals surface area contributed by atoms with E-state index in [9.17, 15) is 0 Å². The van der Waals surface area contributed by atoms with Gasteiger partial charge in [-0.05, 0) is 67.7 Å². The Morgan fingerprint density at radius 1 is 0.514 bits per heavy atom. The van der Waals surface area contributed by atoms with Crippen LogP contribution in [0.5, 0.6) is 0 Å². The van der Waals surface area contributed by atoms with Crippen LogP contribution in [0.2, 0.25) is 0 Å². The summed E-state index contributed by atoms with van der Waals surface area (Å²) >= 11 is 0. The normalized spacial score (nSPS) is 17.7. The number of nitrogens with zero attached hydrogens (tertiary/aromatic N) is 1. The van der Waals surface area contributed by atoms with Crippen LogP contribution >= 0.6 is 15.8 Å². The molecule has 35 heavy (non-hydrogen) atoms. The highest BCUT2D eigenvalue weighted by atomic mass is 31.1. The van der Waals surface area contributed by atoms with Gasteiger partial charge in [0.2, 0.25) is 0 Å². The molecule has 0 unspecified atom stereocenters. The van der Waals surface area contributed by atoms with E-state index in [0.29, 0.717) is 0 Å². The number of hydrogen-bond acceptors (Lipinski definition) is 1. The van der Waals surface area contributed by atoms with Gasteiger partial charge in [-0.3, -0.25) is 0 Å². The summed E-state index contributed by atoms with van der Waals surface area (Å²) in [4.78, 5) is 2.82. The molecular weight excluding hydrogens is 460 g/mol. The van der Waals surface area contributed by atoms with Gasteiger partial charge in [0.15, 0.2) is 0 Å². The number of anilines is 1. The number of rotatable bonds is 9. The third-order valence-electron chi connectivity index (χ3n) is 7.99. The molecular formula is C32H41NP2. The lowest BCUT2D eigenvalue weighted by Crippen LogP contribution is -2.33. The van der Waals surface area contributed by atoms with E-state index in [0.717, 1.165) is 17.6 Å². The predicted octanol–water partition coefficient (Wildman–Crippen LogP) is 8.69. The van der Waals surface area contributed by atoms with Crippen molar-refractivity contribution >= 4 is 32.1 Å². The molecule has 2 aliphatic rings. The van der Waals surface area contributed by atoms with E-state index in [1.807, 2.05) is 0 Å². The molecule has 2 fully saturated rings. The maximum Gasteiger partial charge on any atom is 0.0462 e. The van der Waals surface area contributed by atoms with Crippen LogP contribution in [0.1, 0.15) is 64.2 Å². The molecule has 0 amide bonds. The van der Waals surface area contributed by atoms with Gasteiger partial charge in [0, 0.05) is 18.3 Å². The van der Waals surface area contributed by atoms with Crippen LogP contribution in [0.4, 0.5) is 5.69 Å². The minimum atomic E-state index is -0.443. The molecule has 0 spiro atoms. The highest BCUT2D eigenvalue weighted by molar-refractivity contribution is 7.73. The molecule has 0 saturated heterocycles. The van der Waals surface area contributed by atoms with Gasteiger partial charge < -0.3 is 4.90 Å². The largest absolute Gasteiger partial charge is 0.363 e. The van der Waals surface area contributed by atoms with Crippen molar-refractivity contribution in [3.05, 3.63) is 91.0 Å². The second kappa shape index (κ2) is 13.0. The average molecular weight is 502 g/mol. The molecule has 2 aliphatic carbocycles. The van der Waals surface area contributed by atoms with Gasteiger partial charge >= 0.3 is 0 Å². The Hall–Kier alpha value is -1.68. The van der Waals surface area contributed by atoms with Crippen molar-refractivity contribution < 1.29 is 0 Å². The second-order valence-corrected chi connectivity index (χ2v) is 15.3. The highest BCUT2D eigenvalue weighted by Gasteiger charge is 2.33. The molecule has 184 valence electrons. The van der Waals surface area contributed by atoms with E-state index < -0.39 is 7.92 Å². The Bertz CT molecular complexity index is 924. The lowest BCUT2D eigenvalue weighted by molar-refractivity contribution is 0.484. The zero-order valence-corrected chi connectivity index (χ0v) is 22.9. The van der Waals surface area contributed by atoms with Crippen LogP contribution in [-0.4, -0.2) is 23.9 Å². The molecule has 0 bridgehead atoms. The summed E-state index contributed by atoms with van der Waals surface area (Å²) in [7, 11) is -0.435. The van der Waals surface area contributed by atoms with E-state index in [-0.39, 0.29) is 7.92 Å². The van der Waals surface area contributed by atoms with Gasteiger partial charge in [0.25, 0.3) is 0 Å². The van der Waals surface area contributed by atoms with Gasteiger partial charge in [-0.1, -0.05) is 125 Å². The molecule has 0 radical (unpaired) electrons. The minimum absolute atomic E-state index is 0.00792. The van der Waals surface area contributed by atoms with Gasteiger partial charge in [-0.2, -0.15) is 0 Å². The molecule has 0 aromatic heterocycles. The monoisotopic (exact) mass is 501 g/mol. The van der Waals surface area contributed by atoms with Crippen LogP contribution < -0.4 is 15.5 Å². The minimum Gasteiger partial charge on any atom is -0.363 e. The van der Waals surface area contributed by atoms with Gasteiger partial charge in [0.1, 0.15) is 0 Å². The quantitative estimate of drug-likeness (QED) is 0.265. The Morgan fingerprint density at radius 3 is 1.40 bits per heavy atom. The fourth-order valence-electron chi connectivity index (χ4n) is 6.10. The number of benzene rings is 3. The molecule has 0 atom stereocenters. The summed E-state index contributed by atoms with van der Waals surface area (Å²) in [5.41, 5.74) is 3.38. The molecule has 1 nitrogen and oxygen atoms in total. The molecule has 2 saturated carbocycles. The lowest BCUT2D eigenvalue weighted by Gasteiger charge is -2.42. The summed E-state index contributed by atoms with van der Waals surface area (Å²) in [6, 6.07) is 34.0. The summed E-state index contributed by atoms with van der Waals surface area (Å²) in [6.45, 7) is 0. The van der Waals surface area contributed by atoms with Crippen molar-refractivity contribution in [2.75, 3.05) is 17.5 Å². The second-order valence-electron chi connectivity index (χ2n) is 10.4. The summed E-state index contributed by atoms with van der Waals surface area (Å²) < 4.78 is 0. The fraction of sp³-hybridized carbons (Fsp3) is 0.438. The molecule has 3 aromatic rings. The molecule has 0 aliphatic heterocycles. The summed E-state index contributed by atoms with van der Waals surface area (Å²) in [5.74, 6) is 0. The van der Waals surface area contributed by atoms with E-state index >= 15 is 0 Å². The SMILES string of the molecule is c1ccc(N(CP(c2ccccc2)c2ccccc2)CP(C2CCCCC2)C2CCCCC2)cc1. The molecule has 0 N–H and O–H groups in total. The maximum absolute atomic E-state index is 2.82. The molecule has 3 aromatic carbocycles.